The molecule has 0 saturated heterocycles. The molecule has 2 N–H and O–H groups in total. The van der Waals surface area contributed by atoms with Crippen molar-refractivity contribution in [2.75, 3.05) is 5.32 Å². The van der Waals surface area contributed by atoms with E-state index in [1.807, 2.05) is 0 Å². The number of nitrogens with one attached hydrogen (secondary N) is 2. The summed E-state index contributed by atoms with van der Waals surface area (Å²) in [4.78, 5) is 36.7. The van der Waals surface area contributed by atoms with Crippen LogP contribution in [0, 0.1) is 5.82 Å². The molecule has 0 atom stereocenters. The van der Waals surface area contributed by atoms with Gasteiger partial charge in [-0.2, -0.15) is 5.10 Å². The van der Waals surface area contributed by atoms with Crippen molar-refractivity contribution in [3.63, 3.8) is 0 Å². The fraction of sp³-hybridized carbons (Fsp3) is 0.0435. The van der Waals surface area contributed by atoms with Gasteiger partial charge >= 0.3 is 17.8 Å². The normalized spacial score (nSPS) is 11.0. The molecule has 3 rings (SSSR count). The lowest BCUT2D eigenvalue weighted by Crippen LogP contribution is -2.33. The van der Waals surface area contributed by atoms with Crippen molar-refractivity contribution in [2.24, 2.45) is 5.10 Å². The summed E-state index contributed by atoms with van der Waals surface area (Å²) in [5, 5.41) is 6.01. The highest BCUT2D eigenvalue weighted by molar-refractivity contribution is 9.10. The summed E-state index contributed by atoms with van der Waals surface area (Å²) in [7, 11) is 0. The van der Waals surface area contributed by atoms with Gasteiger partial charge in [0.2, 0.25) is 0 Å². The smallest absolute Gasteiger partial charge is 0.344 e. The van der Waals surface area contributed by atoms with E-state index < -0.39 is 23.6 Å². The molecular weight excluding hydrogens is 517 g/mol. The third-order valence-corrected chi connectivity index (χ3v) is 5.26. The Morgan fingerprint density at radius 1 is 0.970 bits per heavy atom. The molecule has 0 fully saturated rings. The summed E-state index contributed by atoms with van der Waals surface area (Å²) < 4.78 is 19.3. The van der Waals surface area contributed by atoms with Crippen molar-refractivity contribution in [2.45, 2.75) is 6.92 Å². The number of para-hydroxylation sites is 1. The van der Waals surface area contributed by atoms with E-state index >= 15 is 0 Å². The maximum atomic E-state index is 13.2. The standard InChI is InChI=1S/C23H16BrClFN3O4/c1-13(28-29-22(31)21(30)27-14-10-11-19(26)18(25)12-14)15-6-3-5-9-20(15)33-23(32)16-7-2-4-8-17(16)24/h2-12H,1H3,(H,27,30)(H,29,31)/b28-13+. The van der Waals surface area contributed by atoms with Crippen LogP contribution < -0.4 is 15.5 Å². The van der Waals surface area contributed by atoms with E-state index in [9.17, 15) is 18.8 Å². The minimum atomic E-state index is -1.06. The first-order valence-electron chi connectivity index (χ1n) is 9.43. The number of amides is 2. The van der Waals surface area contributed by atoms with Crippen LogP contribution in [0.25, 0.3) is 0 Å². The number of carbonyl (C=O) groups is 3. The van der Waals surface area contributed by atoms with E-state index in [0.29, 0.717) is 15.6 Å². The zero-order chi connectivity index (χ0) is 24.0. The first kappa shape index (κ1) is 24.1. The molecule has 3 aromatic rings. The molecule has 10 heteroatoms. The second kappa shape index (κ2) is 10.8. The lowest BCUT2D eigenvalue weighted by molar-refractivity contribution is -0.136. The quantitative estimate of drug-likeness (QED) is 0.160. The molecule has 0 aliphatic rings. The van der Waals surface area contributed by atoms with Gasteiger partial charge in [0.1, 0.15) is 11.6 Å². The van der Waals surface area contributed by atoms with E-state index in [-0.39, 0.29) is 22.2 Å². The average Bonchev–Trinajstić information content (AvgIpc) is 2.80. The molecule has 0 aliphatic carbocycles. The Balaban J connectivity index is 1.69. The molecule has 0 saturated carbocycles. The van der Waals surface area contributed by atoms with Crippen LogP contribution >= 0.6 is 27.5 Å². The number of nitrogens with zero attached hydrogens (tertiary/aromatic N) is 1. The minimum absolute atomic E-state index is 0.145. The lowest BCUT2D eigenvalue weighted by Gasteiger charge is -2.11. The van der Waals surface area contributed by atoms with Crippen LogP contribution in [0.4, 0.5) is 10.1 Å². The fourth-order valence-corrected chi connectivity index (χ4v) is 3.27. The lowest BCUT2D eigenvalue weighted by atomic mass is 10.1. The van der Waals surface area contributed by atoms with Crippen molar-refractivity contribution in [1.29, 1.82) is 0 Å². The number of hydrazone groups is 1. The topological polar surface area (TPSA) is 96.9 Å². The largest absolute Gasteiger partial charge is 0.422 e. The van der Waals surface area contributed by atoms with Crippen LogP contribution in [0.1, 0.15) is 22.8 Å². The molecular formula is C23H16BrClFN3O4. The van der Waals surface area contributed by atoms with Gasteiger partial charge in [-0.1, -0.05) is 35.9 Å². The van der Waals surface area contributed by atoms with Gasteiger partial charge in [0.05, 0.1) is 16.3 Å². The predicted molar refractivity (Wildman–Crippen MR) is 126 cm³/mol. The van der Waals surface area contributed by atoms with Gasteiger partial charge in [-0.25, -0.2) is 14.6 Å². The van der Waals surface area contributed by atoms with Gasteiger partial charge in [0.15, 0.2) is 0 Å². The second-order valence-electron chi connectivity index (χ2n) is 6.59. The zero-order valence-corrected chi connectivity index (χ0v) is 19.4. The van der Waals surface area contributed by atoms with E-state index in [0.717, 1.165) is 6.07 Å². The van der Waals surface area contributed by atoms with Crippen LogP contribution in [0.3, 0.4) is 0 Å². The molecule has 2 amide bonds. The highest BCUT2D eigenvalue weighted by Gasteiger charge is 2.17. The third-order valence-electron chi connectivity index (χ3n) is 4.28. The van der Waals surface area contributed by atoms with Crippen LogP contribution in [0.2, 0.25) is 5.02 Å². The number of rotatable bonds is 5. The molecule has 33 heavy (non-hydrogen) atoms. The SMILES string of the molecule is C/C(=N\NC(=O)C(=O)Nc1ccc(F)c(Cl)c1)c1ccccc1OC(=O)c1ccccc1Br. The number of hydrogen-bond acceptors (Lipinski definition) is 5. The number of carbonyl (C=O) groups excluding carboxylic acids is 3. The molecule has 0 aliphatic heterocycles. The van der Waals surface area contributed by atoms with Gasteiger partial charge in [-0.15, -0.1) is 0 Å². The Hall–Kier alpha value is -3.56. The second-order valence-corrected chi connectivity index (χ2v) is 7.85. The number of halogens is 3. The summed E-state index contributed by atoms with van der Waals surface area (Å²) in [6.07, 6.45) is 0. The van der Waals surface area contributed by atoms with E-state index in [1.54, 1.807) is 55.5 Å². The van der Waals surface area contributed by atoms with E-state index in [1.165, 1.54) is 12.1 Å². The summed E-state index contributed by atoms with van der Waals surface area (Å²) in [6.45, 7) is 1.57. The molecule has 0 unspecified atom stereocenters. The molecule has 0 aromatic heterocycles. The van der Waals surface area contributed by atoms with Crippen molar-refractivity contribution in [3.05, 3.63) is 93.2 Å². The number of esters is 1. The summed E-state index contributed by atoms with van der Waals surface area (Å²) in [5.41, 5.74) is 3.34. The maximum absolute atomic E-state index is 13.2. The highest BCUT2D eigenvalue weighted by atomic mass is 79.9. The van der Waals surface area contributed by atoms with Crippen molar-refractivity contribution in [1.82, 2.24) is 5.43 Å². The van der Waals surface area contributed by atoms with Crippen LogP contribution in [-0.2, 0) is 9.59 Å². The van der Waals surface area contributed by atoms with Gasteiger partial charge < -0.3 is 10.1 Å². The van der Waals surface area contributed by atoms with Gasteiger partial charge in [0.25, 0.3) is 0 Å². The zero-order valence-electron chi connectivity index (χ0n) is 17.1. The van der Waals surface area contributed by atoms with Crippen molar-refractivity contribution in [3.8, 4) is 5.75 Å². The third kappa shape index (κ3) is 6.24. The predicted octanol–water partition coefficient (Wildman–Crippen LogP) is 4.94. The molecule has 0 radical (unpaired) electrons. The van der Waals surface area contributed by atoms with Crippen LogP contribution in [-0.4, -0.2) is 23.5 Å². The molecule has 3 aromatic carbocycles. The minimum Gasteiger partial charge on any atom is -0.422 e. The Morgan fingerprint density at radius 3 is 2.33 bits per heavy atom. The van der Waals surface area contributed by atoms with E-state index in [2.05, 4.69) is 31.8 Å². The molecule has 0 bridgehead atoms. The maximum Gasteiger partial charge on any atom is 0.344 e. The van der Waals surface area contributed by atoms with Crippen LogP contribution in [0.15, 0.2) is 76.3 Å². The summed E-state index contributed by atoms with van der Waals surface area (Å²) in [6, 6.07) is 16.9. The van der Waals surface area contributed by atoms with Crippen molar-refractivity contribution >= 4 is 56.7 Å². The summed E-state index contributed by atoms with van der Waals surface area (Å²) in [5.74, 6) is -3.10. The van der Waals surface area contributed by atoms with Gasteiger partial charge in [-0.05, 0) is 65.3 Å². The Kier molecular flexibility index (Phi) is 7.92. The number of benzene rings is 3. The summed E-state index contributed by atoms with van der Waals surface area (Å²) >= 11 is 8.97. The molecule has 0 heterocycles. The monoisotopic (exact) mass is 531 g/mol. The number of anilines is 1. The first-order chi connectivity index (χ1) is 15.8. The van der Waals surface area contributed by atoms with Gasteiger partial charge in [-0.3, -0.25) is 9.59 Å². The van der Waals surface area contributed by atoms with E-state index in [4.69, 9.17) is 16.3 Å². The molecule has 168 valence electrons. The Bertz CT molecular complexity index is 1270. The highest BCUT2D eigenvalue weighted by Crippen LogP contribution is 2.23. The van der Waals surface area contributed by atoms with Crippen LogP contribution in [0.5, 0.6) is 5.75 Å². The number of hydrogen-bond donors (Lipinski definition) is 2. The molecule has 7 nitrogen and oxygen atoms in total. The first-order valence-corrected chi connectivity index (χ1v) is 10.6. The average molecular weight is 533 g/mol. The molecule has 0 spiro atoms. The number of ether oxygens (including phenoxy) is 1. The Labute approximate surface area is 201 Å². The fourth-order valence-electron chi connectivity index (χ4n) is 2.64. The Morgan fingerprint density at radius 2 is 1.64 bits per heavy atom. The van der Waals surface area contributed by atoms with Crippen molar-refractivity contribution < 1.29 is 23.5 Å². The van der Waals surface area contributed by atoms with Gasteiger partial charge in [0, 0.05) is 15.7 Å².